The van der Waals surface area contributed by atoms with Gasteiger partial charge < -0.3 is 15.5 Å². The van der Waals surface area contributed by atoms with E-state index in [-0.39, 0.29) is 11.9 Å². The molecule has 0 fully saturated rings. The number of aliphatic carboxylic acids is 1. The first kappa shape index (κ1) is 14.7. The van der Waals surface area contributed by atoms with Crippen LogP contribution >= 0.6 is 11.8 Å². The fourth-order valence-electron chi connectivity index (χ4n) is 1.07. The van der Waals surface area contributed by atoms with Crippen molar-refractivity contribution in [3.05, 3.63) is 0 Å². The van der Waals surface area contributed by atoms with Gasteiger partial charge in [-0.05, 0) is 25.1 Å². The van der Waals surface area contributed by atoms with E-state index in [1.54, 1.807) is 11.8 Å². The van der Waals surface area contributed by atoms with Gasteiger partial charge in [0, 0.05) is 5.25 Å². The maximum atomic E-state index is 10.8. The Labute approximate surface area is 95.4 Å². The van der Waals surface area contributed by atoms with Gasteiger partial charge in [0.1, 0.15) is 6.04 Å². The lowest BCUT2D eigenvalue weighted by Gasteiger charge is -2.14. The summed E-state index contributed by atoms with van der Waals surface area (Å²) < 4.78 is 0. The van der Waals surface area contributed by atoms with Crippen molar-refractivity contribution in [3.8, 4) is 0 Å². The third-order valence-electron chi connectivity index (χ3n) is 2.00. The van der Waals surface area contributed by atoms with Crippen molar-refractivity contribution in [2.75, 3.05) is 18.9 Å². The first-order valence-corrected chi connectivity index (χ1v) is 6.35. The first-order valence-electron chi connectivity index (χ1n) is 5.30. The van der Waals surface area contributed by atoms with E-state index in [1.165, 1.54) is 0 Å². The molecule has 0 heterocycles. The molecule has 0 aromatic carbocycles. The van der Waals surface area contributed by atoms with Crippen LogP contribution in [-0.2, 0) is 4.79 Å². The van der Waals surface area contributed by atoms with Crippen LogP contribution in [0.1, 0.15) is 26.7 Å². The molecule has 0 aromatic rings. The lowest BCUT2D eigenvalue weighted by atomic mass is 10.2. The second-order valence-electron chi connectivity index (χ2n) is 3.50. The summed E-state index contributed by atoms with van der Waals surface area (Å²) in [6, 6.07) is -0.455. The summed E-state index contributed by atoms with van der Waals surface area (Å²) in [5.41, 5.74) is 0. The van der Waals surface area contributed by atoms with Gasteiger partial charge in [-0.25, -0.2) is 0 Å². The van der Waals surface area contributed by atoms with Gasteiger partial charge in [0.25, 0.3) is 0 Å². The molecule has 4 nitrogen and oxygen atoms in total. The lowest BCUT2D eigenvalue weighted by molar-refractivity contribution is -0.139. The Bertz CT molecular complexity index is 178. The van der Waals surface area contributed by atoms with Gasteiger partial charge in [-0.2, -0.15) is 11.8 Å². The summed E-state index contributed by atoms with van der Waals surface area (Å²) in [6.45, 7) is 4.82. The number of aliphatic hydroxyl groups excluding tert-OH is 1. The maximum absolute atomic E-state index is 10.8. The van der Waals surface area contributed by atoms with Crippen LogP contribution in [-0.4, -0.2) is 46.4 Å². The number of hydrogen-bond acceptors (Lipinski definition) is 4. The van der Waals surface area contributed by atoms with Gasteiger partial charge in [0.15, 0.2) is 0 Å². The predicted octanol–water partition coefficient (Wildman–Crippen LogP) is 0.943. The Balaban J connectivity index is 3.71. The molecule has 0 aliphatic heterocycles. The van der Waals surface area contributed by atoms with Crippen molar-refractivity contribution in [1.82, 2.24) is 5.32 Å². The standard InChI is InChI=1S/C10H21NO3S/c1-3-5-11-9(10(13)14)4-6-15-8(2)7-12/h8-9,11-12H,3-7H2,1-2H3,(H,13,14). The van der Waals surface area contributed by atoms with Crippen LogP contribution in [0.15, 0.2) is 0 Å². The Morgan fingerprint density at radius 1 is 1.53 bits per heavy atom. The highest BCUT2D eigenvalue weighted by Gasteiger charge is 2.15. The molecule has 0 saturated carbocycles. The zero-order valence-electron chi connectivity index (χ0n) is 9.40. The van der Waals surface area contributed by atoms with Crippen LogP contribution in [0.2, 0.25) is 0 Å². The Morgan fingerprint density at radius 3 is 2.67 bits per heavy atom. The van der Waals surface area contributed by atoms with Crippen molar-refractivity contribution in [2.24, 2.45) is 0 Å². The highest BCUT2D eigenvalue weighted by atomic mass is 32.2. The quantitative estimate of drug-likeness (QED) is 0.555. The van der Waals surface area contributed by atoms with Gasteiger partial charge in [-0.15, -0.1) is 0 Å². The monoisotopic (exact) mass is 235 g/mol. The second-order valence-corrected chi connectivity index (χ2v) is 5.04. The number of nitrogens with one attached hydrogen (secondary N) is 1. The molecule has 3 N–H and O–H groups in total. The normalized spacial score (nSPS) is 14.9. The summed E-state index contributed by atoms with van der Waals surface area (Å²) in [6.07, 6.45) is 1.54. The molecule has 0 radical (unpaired) electrons. The smallest absolute Gasteiger partial charge is 0.320 e. The Morgan fingerprint density at radius 2 is 2.20 bits per heavy atom. The molecule has 0 bridgehead atoms. The van der Waals surface area contributed by atoms with Gasteiger partial charge in [-0.3, -0.25) is 4.79 Å². The molecule has 5 heteroatoms. The molecule has 2 atom stereocenters. The molecule has 0 aromatic heterocycles. The fraction of sp³-hybridized carbons (Fsp3) is 0.900. The van der Waals surface area contributed by atoms with Crippen LogP contribution in [0.4, 0.5) is 0 Å². The van der Waals surface area contributed by atoms with Crippen molar-refractivity contribution in [1.29, 1.82) is 0 Å². The van der Waals surface area contributed by atoms with Gasteiger partial charge in [-0.1, -0.05) is 13.8 Å². The number of hydrogen-bond donors (Lipinski definition) is 3. The fourth-order valence-corrected chi connectivity index (χ4v) is 1.95. The minimum absolute atomic E-state index is 0.144. The molecule has 0 spiro atoms. The van der Waals surface area contributed by atoms with Crippen molar-refractivity contribution < 1.29 is 15.0 Å². The molecule has 90 valence electrons. The molecule has 0 rings (SSSR count). The summed E-state index contributed by atoms with van der Waals surface area (Å²) in [5, 5.41) is 20.9. The van der Waals surface area contributed by atoms with Crippen LogP contribution in [0, 0.1) is 0 Å². The van der Waals surface area contributed by atoms with E-state index in [2.05, 4.69) is 5.32 Å². The molecular formula is C10H21NO3S. The largest absolute Gasteiger partial charge is 0.480 e. The number of rotatable bonds is 9. The molecule has 0 amide bonds. The minimum atomic E-state index is -0.791. The number of aliphatic hydroxyl groups is 1. The predicted molar refractivity (Wildman–Crippen MR) is 63.3 cm³/mol. The molecule has 15 heavy (non-hydrogen) atoms. The van der Waals surface area contributed by atoms with Gasteiger partial charge >= 0.3 is 5.97 Å². The third-order valence-corrected chi connectivity index (χ3v) is 3.19. The maximum Gasteiger partial charge on any atom is 0.320 e. The topological polar surface area (TPSA) is 69.6 Å². The average Bonchev–Trinajstić information content (AvgIpc) is 2.22. The number of thioether (sulfide) groups is 1. The number of carboxylic acids is 1. The second kappa shape index (κ2) is 9.00. The van der Waals surface area contributed by atoms with E-state index < -0.39 is 12.0 Å². The molecule has 0 saturated heterocycles. The Hall–Kier alpha value is -0.260. The van der Waals surface area contributed by atoms with E-state index in [1.807, 2.05) is 13.8 Å². The van der Waals surface area contributed by atoms with Crippen LogP contribution in [0.5, 0.6) is 0 Å². The molecule has 0 aliphatic carbocycles. The van der Waals surface area contributed by atoms with Crippen molar-refractivity contribution in [2.45, 2.75) is 38.0 Å². The van der Waals surface area contributed by atoms with Crippen LogP contribution in [0.25, 0.3) is 0 Å². The average molecular weight is 235 g/mol. The SMILES string of the molecule is CCCNC(CCSC(C)CO)C(=O)O. The van der Waals surface area contributed by atoms with E-state index in [0.717, 1.165) is 18.7 Å². The van der Waals surface area contributed by atoms with E-state index in [4.69, 9.17) is 10.2 Å². The van der Waals surface area contributed by atoms with Crippen molar-refractivity contribution in [3.63, 3.8) is 0 Å². The third kappa shape index (κ3) is 7.64. The zero-order valence-corrected chi connectivity index (χ0v) is 10.2. The highest BCUT2D eigenvalue weighted by Crippen LogP contribution is 2.12. The first-order chi connectivity index (χ1) is 7.11. The van der Waals surface area contributed by atoms with E-state index >= 15 is 0 Å². The van der Waals surface area contributed by atoms with E-state index in [9.17, 15) is 4.79 Å². The molecule has 0 aliphatic rings. The summed E-state index contributed by atoms with van der Waals surface area (Å²) in [7, 11) is 0. The number of carbonyl (C=O) groups is 1. The van der Waals surface area contributed by atoms with Crippen LogP contribution < -0.4 is 5.32 Å². The van der Waals surface area contributed by atoms with Gasteiger partial charge in [0.2, 0.25) is 0 Å². The van der Waals surface area contributed by atoms with Crippen LogP contribution in [0.3, 0.4) is 0 Å². The summed E-state index contributed by atoms with van der Waals surface area (Å²) in [5.74, 6) is -0.0317. The van der Waals surface area contributed by atoms with E-state index in [0.29, 0.717) is 6.42 Å². The minimum Gasteiger partial charge on any atom is -0.480 e. The Kier molecular flexibility index (Phi) is 8.85. The van der Waals surface area contributed by atoms with Gasteiger partial charge in [0.05, 0.1) is 6.61 Å². The summed E-state index contributed by atoms with van der Waals surface area (Å²) >= 11 is 1.60. The summed E-state index contributed by atoms with van der Waals surface area (Å²) in [4.78, 5) is 10.8. The molecular weight excluding hydrogens is 214 g/mol. The molecule has 2 unspecified atom stereocenters. The highest BCUT2D eigenvalue weighted by molar-refractivity contribution is 7.99. The number of carboxylic acid groups (broad SMARTS) is 1. The lowest BCUT2D eigenvalue weighted by Crippen LogP contribution is -2.37. The van der Waals surface area contributed by atoms with Crippen molar-refractivity contribution >= 4 is 17.7 Å². The zero-order chi connectivity index (χ0) is 11.7.